The van der Waals surface area contributed by atoms with E-state index in [0.29, 0.717) is 11.3 Å². The summed E-state index contributed by atoms with van der Waals surface area (Å²) in [4.78, 5) is 23.8. The van der Waals surface area contributed by atoms with Crippen LogP contribution in [0, 0.1) is 20.8 Å². The zero-order valence-electron chi connectivity index (χ0n) is 13.0. The predicted octanol–water partition coefficient (Wildman–Crippen LogP) is 3.41. The second-order valence-corrected chi connectivity index (χ2v) is 5.24. The number of esters is 1. The average Bonchev–Trinajstić information content (AvgIpc) is 2.49. The number of hydrogen-bond acceptors (Lipinski definition) is 3. The molecule has 1 N–H and O–H groups in total. The molecule has 0 aliphatic rings. The fourth-order valence-electron chi connectivity index (χ4n) is 2.03. The molecule has 0 radical (unpaired) electrons. The van der Waals surface area contributed by atoms with Gasteiger partial charge in [0.15, 0.2) is 6.61 Å². The van der Waals surface area contributed by atoms with Crippen LogP contribution in [0.25, 0.3) is 0 Å². The van der Waals surface area contributed by atoms with Crippen LogP contribution >= 0.6 is 0 Å². The molecule has 0 aliphatic heterocycles. The SMILES string of the molecule is Cc1ccc(NC(=O)COC(=O)c2ccccc2C)cc1C. The van der Waals surface area contributed by atoms with Crippen molar-refractivity contribution >= 4 is 17.6 Å². The summed E-state index contributed by atoms with van der Waals surface area (Å²) in [6, 6.07) is 12.8. The van der Waals surface area contributed by atoms with Crippen molar-refractivity contribution in [1.82, 2.24) is 0 Å². The van der Waals surface area contributed by atoms with Gasteiger partial charge in [-0.2, -0.15) is 0 Å². The topological polar surface area (TPSA) is 55.4 Å². The highest BCUT2D eigenvalue weighted by atomic mass is 16.5. The van der Waals surface area contributed by atoms with Gasteiger partial charge in [-0.25, -0.2) is 4.79 Å². The van der Waals surface area contributed by atoms with Gasteiger partial charge in [0.2, 0.25) is 0 Å². The Kier molecular flexibility index (Phi) is 4.94. The van der Waals surface area contributed by atoms with Crippen LogP contribution in [-0.2, 0) is 9.53 Å². The van der Waals surface area contributed by atoms with Crippen LogP contribution in [0.1, 0.15) is 27.0 Å². The van der Waals surface area contributed by atoms with E-state index in [2.05, 4.69) is 5.32 Å². The summed E-state index contributed by atoms with van der Waals surface area (Å²) >= 11 is 0. The van der Waals surface area contributed by atoms with Crippen LogP contribution < -0.4 is 5.32 Å². The number of ether oxygens (including phenoxy) is 1. The molecule has 114 valence electrons. The van der Waals surface area contributed by atoms with Gasteiger partial charge in [0.1, 0.15) is 0 Å². The van der Waals surface area contributed by atoms with Crippen LogP contribution in [0.4, 0.5) is 5.69 Å². The van der Waals surface area contributed by atoms with Gasteiger partial charge >= 0.3 is 5.97 Å². The normalized spacial score (nSPS) is 10.1. The van der Waals surface area contributed by atoms with Crippen molar-refractivity contribution in [3.05, 3.63) is 64.7 Å². The van der Waals surface area contributed by atoms with Crippen molar-refractivity contribution in [3.63, 3.8) is 0 Å². The Bertz CT molecular complexity index is 707. The maximum absolute atomic E-state index is 11.9. The molecular formula is C18H19NO3. The number of benzene rings is 2. The van der Waals surface area contributed by atoms with Crippen LogP contribution in [0.5, 0.6) is 0 Å². The van der Waals surface area contributed by atoms with E-state index in [9.17, 15) is 9.59 Å². The molecule has 0 fully saturated rings. The van der Waals surface area contributed by atoms with Crippen molar-refractivity contribution in [2.24, 2.45) is 0 Å². The Hall–Kier alpha value is -2.62. The summed E-state index contributed by atoms with van der Waals surface area (Å²) in [5, 5.41) is 2.72. The number of anilines is 1. The number of aryl methyl sites for hydroxylation is 3. The van der Waals surface area contributed by atoms with Gasteiger partial charge in [-0.15, -0.1) is 0 Å². The minimum absolute atomic E-state index is 0.305. The zero-order valence-corrected chi connectivity index (χ0v) is 13.0. The third kappa shape index (κ3) is 3.95. The molecule has 0 spiro atoms. The Balaban J connectivity index is 1.91. The number of carbonyl (C=O) groups excluding carboxylic acids is 2. The first kappa shape index (κ1) is 15.8. The maximum atomic E-state index is 11.9. The summed E-state index contributed by atoms with van der Waals surface area (Å²) in [6.45, 7) is 5.50. The first-order valence-electron chi connectivity index (χ1n) is 7.07. The van der Waals surface area contributed by atoms with Crippen molar-refractivity contribution in [2.45, 2.75) is 20.8 Å². The van der Waals surface area contributed by atoms with Gasteiger partial charge in [0, 0.05) is 5.69 Å². The summed E-state index contributed by atoms with van der Waals surface area (Å²) < 4.78 is 5.05. The second-order valence-electron chi connectivity index (χ2n) is 5.24. The van der Waals surface area contributed by atoms with Crippen LogP contribution in [0.2, 0.25) is 0 Å². The van der Waals surface area contributed by atoms with Gasteiger partial charge in [-0.1, -0.05) is 24.3 Å². The van der Waals surface area contributed by atoms with E-state index in [4.69, 9.17) is 4.74 Å². The minimum Gasteiger partial charge on any atom is -0.452 e. The number of hydrogen-bond donors (Lipinski definition) is 1. The van der Waals surface area contributed by atoms with E-state index >= 15 is 0 Å². The van der Waals surface area contributed by atoms with Gasteiger partial charge in [-0.3, -0.25) is 4.79 Å². The van der Waals surface area contributed by atoms with E-state index in [0.717, 1.165) is 16.7 Å². The molecule has 2 aromatic carbocycles. The van der Waals surface area contributed by atoms with Crippen LogP contribution in [0.15, 0.2) is 42.5 Å². The molecule has 0 unspecified atom stereocenters. The largest absolute Gasteiger partial charge is 0.452 e. The highest BCUT2D eigenvalue weighted by Gasteiger charge is 2.12. The monoisotopic (exact) mass is 297 g/mol. The molecule has 22 heavy (non-hydrogen) atoms. The highest BCUT2D eigenvalue weighted by Crippen LogP contribution is 2.14. The molecular weight excluding hydrogens is 278 g/mol. The van der Waals surface area contributed by atoms with Gasteiger partial charge in [0.25, 0.3) is 5.91 Å². The fraction of sp³-hybridized carbons (Fsp3) is 0.222. The van der Waals surface area contributed by atoms with Crippen molar-refractivity contribution in [2.75, 3.05) is 11.9 Å². The number of rotatable bonds is 4. The molecule has 0 saturated heterocycles. The quantitative estimate of drug-likeness (QED) is 0.880. The van der Waals surface area contributed by atoms with Crippen molar-refractivity contribution < 1.29 is 14.3 Å². The first-order valence-corrected chi connectivity index (χ1v) is 7.07. The van der Waals surface area contributed by atoms with E-state index in [1.54, 1.807) is 12.1 Å². The third-order valence-electron chi connectivity index (χ3n) is 3.49. The minimum atomic E-state index is -0.492. The van der Waals surface area contributed by atoms with Crippen LogP contribution in [0.3, 0.4) is 0 Å². The molecule has 0 heterocycles. The average molecular weight is 297 g/mol. The molecule has 2 rings (SSSR count). The first-order chi connectivity index (χ1) is 10.5. The van der Waals surface area contributed by atoms with E-state index < -0.39 is 5.97 Å². The number of carbonyl (C=O) groups is 2. The lowest BCUT2D eigenvalue weighted by Gasteiger charge is -2.09. The third-order valence-corrected chi connectivity index (χ3v) is 3.49. The lowest BCUT2D eigenvalue weighted by molar-refractivity contribution is -0.119. The molecule has 0 atom stereocenters. The standard InChI is InChI=1S/C18H19NO3/c1-12-8-9-15(10-14(12)3)19-17(20)11-22-18(21)16-7-5-4-6-13(16)2/h4-10H,11H2,1-3H3,(H,19,20). The van der Waals surface area contributed by atoms with E-state index in [-0.39, 0.29) is 12.5 Å². The maximum Gasteiger partial charge on any atom is 0.338 e. The molecule has 0 saturated carbocycles. The lowest BCUT2D eigenvalue weighted by Crippen LogP contribution is -2.21. The molecule has 0 bridgehead atoms. The van der Waals surface area contributed by atoms with Crippen molar-refractivity contribution in [3.8, 4) is 0 Å². The Labute approximate surface area is 130 Å². The summed E-state index contributed by atoms with van der Waals surface area (Å²) in [7, 11) is 0. The summed E-state index contributed by atoms with van der Waals surface area (Å²) in [5.41, 5.74) is 4.24. The van der Waals surface area contributed by atoms with Gasteiger partial charge in [0.05, 0.1) is 5.56 Å². The van der Waals surface area contributed by atoms with E-state index in [1.165, 1.54) is 0 Å². The number of nitrogens with one attached hydrogen (secondary N) is 1. The van der Waals surface area contributed by atoms with E-state index in [1.807, 2.05) is 51.1 Å². The Morgan fingerprint density at radius 3 is 2.36 bits per heavy atom. The summed E-state index contributed by atoms with van der Waals surface area (Å²) in [6.07, 6.45) is 0. The van der Waals surface area contributed by atoms with Crippen molar-refractivity contribution in [1.29, 1.82) is 0 Å². The highest BCUT2D eigenvalue weighted by molar-refractivity contribution is 5.96. The smallest absolute Gasteiger partial charge is 0.338 e. The molecule has 0 aromatic heterocycles. The molecule has 4 heteroatoms. The Morgan fingerprint density at radius 1 is 0.955 bits per heavy atom. The van der Waals surface area contributed by atoms with Crippen LogP contribution in [-0.4, -0.2) is 18.5 Å². The molecule has 1 amide bonds. The predicted molar refractivity (Wildman–Crippen MR) is 86.0 cm³/mol. The lowest BCUT2D eigenvalue weighted by atomic mass is 10.1. The number of amides is 1. The second kappa shape index (κ2) is 6.89. The Morgan fingerprint density at radius 2 is 1.68 bits per heavy atom. The van der Waals surface area contributed by atoms with Gasteiger partial charge in [-0.05, 0) is 55.7 Å². The fourth-order valence-corrected chi connectivity index (χ4v) is 2.03. The molecule has 4 nitrogen and oxygen atoms in total. The van der Waals surface area contributed by atoms with Gasteiger partial charge < -0.3 is 10.1 Å². The zero-order chi connectivity index (χ0) is 16.1. The molecule has 0 aliphatic carbocycles. The molecule has 2 aromatic rings. The summed E-state index contributed by atoms with van der Waals surface area (Å²) in [5.74, 6) is -0.849.